The number of hydrogen-bond acceptors (Lipinski definition) is 6. The minimum atomic E-state index is -3.35. The molecule has 1 aromatic carbocycles. The lowest BCUT2D eigenvalue weighted by Gasteiger charge is -2.17. The quantitative estimate of drug-likeness (QED) is 0.871. The monoisotopic (exact) mass is 385 g/mol. The molecule has 1 saturated carbocycles. The largest absolute Gasteiger partial charge is 0.334 e. The summed E-state index contributed by atoms with van der Waals surface area (Å²) in [6.07, 6.45) is 4.93. The summed E-state index contributed by atoms with van der Waals surface area (Å²) in [6, 6.07) is 4.91. The fraction of sp³-hybridized carbons (Fsp3) is 0.429. The zero-order valence-electron chi connectivity index (χ0n) is 12.0. The maximum Gasteiger partial charge on any atom is 0.258 e. The molecule has 0 saturated heterocycles. The molecule has 0 radical (unpaired) electrons. The van der Waals surface area contributed by atoms with Crippen molar-refractivity contribution in [3.8, 4) is 11.5 Å². The highest BCUT2D eigenvalue weighted by Gasteiger charge is 2.36. The lowest BCUT2D eigenvalue weighted by atomic mass is 9.99. The van der Waals surface area contributed by atoms with Gasteiger partial charge in [0.15, 0.2) is 15.7 Å². The molecule has 0 aliphatic heterocycles. The van der Waals surface area contributed by atoms with Crippen LogP contribution in [0.15, 0.2) is 32.1 Å². The van der Waals surface area contributed by atoms with Gasteiger partial charge in [-0.05, 0) is 47.0 Å². The second-order valence-corrected chi connectivity index (χ2v) is 8.54. The second-order valence-electron chi connectivity index (χ2n) is 5.70. The molecule has 1 aliphatic rings. The molecule has 0 amide bonds. The third-order valence-electron chi connectivity index (χ3n) is 3.94. The standard InChI is InChI=1S/C14H16BrN3O3S/c1-22(19,20)11-8-9(4-5-10(11)15)12-17-13(18-21-12)14(16)6-2-3-7-14/h4-5,8H,2-3,6-7,16H2,1H3. The first kappa shape index (κ1) is 15.6. The van der Waals surface area contributed by atoms with Crippen LogP contribution in [0.25, 0.3) is 11.5 Å². The number of benzene rings is 1. The molecule has 1 heterocycles. The molecule has 0 bridgehead atoms. The molecule has 0 unspecified atom stereocenters. The fourth-order valence-corrected chi connectivity index (χ4v) is 4.59. The molecule has 8 heteroatoms. The van der Waals surface area contributed by atoms with E-state index in [0.29, 0.717) is 15.9 Å². The van der Waals surface area contributed by atoms with Gasteiger partial charge in [-0.1, -0.05) is 18.0 Å². The van der Waals surface area contributed by atoms with Gasteiger partial charge in [0.1, 0.15) is 0 Å². The lowest BCUT2D eigenvalue weighted by Crippen LogP contribution is -2.34. The predicted octanol–water partition coefficient (Wildman–Crippen LogP) is 2.63. The first-order valence-electron chi connectivity index (χ1n) is 6.93. The molecule has 1 fully saturated rings. The van der Waals surface area contributed by atoms with E-state index in [1.807, 2.05) is 0 Å². The number of nitrogens with two attached hydrogens (primary N) is 1. The molecule has 6 nitrogen and oxygen atoms in total. The van der Waals surface area contributed by atoms with E-state index in [4.69, 9.17) is 10.3 Å². The van der Waals surface area contributed by atoms with E-state index >= 15 is 0 Å². The molecule has 3 rings (SSSR count). The number of halogens is 1. The first-order chi connectivity index (χ1) is 10.3. The van der Waals surface area contributed by atoms with Crippen molar-refractivity contribution in [3.05, 3.63) is 28.5 Å². The second kappa shape index (κ2) is 5.43. The van der Waals surface area contributed by atoms with Crippen LogP contribution in [0.2, 0.25) is 0 Å². The number of rotatable bonds is 3. The SMILES string of the molecule is CS(=O)(=O)c1cc(-c2nc(C3(N)CCCC3)no2)ccc1Br. The summed E-state index contributed by atoms with van der Waals surface area (Å²) in [4.78, 5) is 4.56. The Morgan fingerprint density at radius 2 is 2.00 bits per heavy atom. The summed E-state index contributed by atoms with van der Waals surface area (Å²) in [5.41, 5.74) is 6.33. The Morgan fingerprint density at radius 1 is 1.32 bits per heavy atom. The molecule has 118 valence electrons. The molecule has 0 spiro atoms. The number of hydrogen-bond donors (Lipinski definition) is 1. The van der Waals surface area contributed by atoms with E-state index < -0.39 is 15.4 Å². The molecular formula is C14H16BrN3O3S. The van der Waals surface area contributed by atoms with Gasteiger partial charge in [0, 0.05) is 16.3 Å². The van der Waals surface area contributed by atoms with E-state index in [1.165, 1.54) is 6.07 Å². The molecule has 1 aromatic heterocycles. The molecule has 2 N–H and O–H groups in total. The summed E-state index contributed by atoms with van der Waals surface area (Å²) >= 11 is 3.24. The van der Waals surface area contributed by atoms with Gasteiger partial charge in [-0.15, -0.1) is 0 Å². The van der Waals surface area contributed by atoms with Gasteiger partial charge < -0.3 is 10.3 Å². The zero-order chi connectivity index (χ0) is 16.0. The van der Waals surface area contributed by atoms with Crippen molar-refractivity contribution in [2.24, 2.45) is 5.73 Å². The molecule has 0 atom stereocenters. The van der Waals surface area contributed by atoms with Crippen molar-refractivity contribution in [2.45, 2.75) is 36.1 Å². The van der Waals surface area contributed by atoms with Crippen LogP contribution in [0, 0.1) is 0 Å². The van der Waals surface area contributed by atoms with E-state index in [2.05, 4.69) is 26.1 Å². The van der Waals surface area contributed by atoms with Gasteiger partial charge in [0.05, 0.1) is 10.4 Å². The van der Waals surface area contributed by atoms with Crippen LogP contribution in [0.4, 0.5) is 0 Å². The molecule has 2 aromatic rings. The highest BCUT2D eigenvalue weighted by atomic mass is 79.9. The average Bonchev–Trinajstić information content (AvgIpc) is 3.07. The number of sulfone groups is 1. The van der Waals surface area contributed by atoms with Crippen LogP contribution in [-0.4, -0.2) is 24.8 Å². The van der Waals surface area contributed by atoms with Gasteiger partial charge in [-0.25, -0.2) is 8.42 Å². The van der Waals surface area contributed by atoms with Gasteiger partial charge >= 0.3 is 0 Å². The van der Waals surface area contributed by atoms with Gasteiger partial charge in [-0.2, -0.15) is 4.98 Å². The normalized spacial score (nSPS) is 17.8. The van der Waals surface area contributed by atoms with Crippen LogP contribution in [0.3, 0.4) is 0 Å². The highest BCUT2D eigenvalue weighted by Crippen LogP contribution is 2.36. The fourth-order valence-electron chi connectivity index (χ4n) is 2.69. The summed E-state index contributed by atoms with van der Waals surface area (Å²) in [5, 5.41) is 3.99. The van der Waals surface area contributed by atoms with Gasteiger partial charge in [-0.3, -0.25) is 0 Å². The van der Waals surface area contributed by atoms with Crippen LogP contribution < -0.4 is 5.73 Å². The summed E-state index contributed by atoms with van der Waals surface area (Å²) in [6.45, 7) is 0. The Hall–Kier alpha value is -1.25. The topological polar surface area (TPSA) is 99.1 Å². The smallest absolute Gasteiger partial charge is 0.258 e. The summed E-state index contributed by atoms with van der Waals surface area (Å²) in [5.74, 6) is 0.771. The average molecular weight is 386 g/mol. The predicted molar refractivity (Wildman–Crippen MR) is 84.9 cm³/mol. The number of aromatic nitrogens is 2. The van der Waals surface area contributed by atoms with Crippen LogP contribution in [0.5, 0.6) is 0 Å². The summed E-state index contributed by atoms with van der Waals surface area (Å²) < 4.78 is 29.4. The van der Waals surface area contributed by atoms with Crippen molar-refractivity contribution in [1.82, 2.24) is 10.1 Å². The van der Waals surface area contributed by atoms with Crippen molar-refractivity contribution in [3.63, 3.8) is 0 Å². The minimum Gasteiger partial charge on any atom is -0.334 e. The van der Waals surface area contributed by atoms with E-state index in [-0.39, 0.29) is 10.8 Å². The van der Waals surface area contributed by atoms with E-state index in [0.717, 1.165) is 31.9 Å². The van der Waals surface area contributed by atoms with Gasteiger partial charge in [0.25, 0.3) is 5.89 Å². The van der Waals surface area contributed by atoms with Gasteiger partial charge in [0.2, 0.25) is 0 Å². The van der Waals surface area contributed by atoms with Crippen LogP contribution >= 0.6 is 15.9 Å². The highest BCUT2D eigenvalue weighted by molar-refractivity contribution is 9.10. The number of nitrogens with zero attached hydrogens (tertiary/aromatic N) is 2. The van der Waals surface area contributed by atoms with E-state index in [1.54, 1.807) is 12.1 Å². The molecular weight excluding hydrogens is 370 g/mol. The Labute approximate surface area is 137 Å². The van der Waals surface area contributed by atoms with Crippen LogP contribution in [0.1, 0.15) is 31.5 Å². The van der Waals surface area contributed by atoms with Crippen LogP contribution in [-0.2, 0) is 15.4 Å². The van der Waals surface area contributed by atoms with Crippen molar-refractivity contribution >= 4 is 25.8 Å². The summed E-state index contributed by atoms with van der Waals surface area (Å²) in [7, 11) is -3.35. The Balaban J connectivity index is 2.01. The molecule has 22 heavy (non-hydrogen) atoms. The zero-order valence-corrected chi connectivity index (χ0v) is 14.4. The third kappa shape index (κ3) is 2.82. The minimum absolute atomic E-state index is 0.188. The Bertz CT molecular complexity index is 810. The van der Waals surface area contributed by atoms with Crippen molar-refractivity contribution < 1.29 is 12.9 Å². The maximum absolute atomic E-state index is 11.8. The maximum atomic E-state index is 11.8. The molecule has 1 aliphatic carbocycles. The van der Waals surface area contributed by atoms with E-state index in [9.17, 15) is 8.42 Å². The first-order valence-corrected chi connectivity index (χ1v) is 9.61. The third-order valence-corrected chi connectivity index (χ3v) is 6.04. The Kier molecular flexibility index (Phi) is 3.86. The lowest BCUT2D eigenvalue weighted by molar-refractivity contribution is 0.372. The van der Waals surface area contributed by atoms with Crippen molar-refractivity contribution in [1.29, 1.82) is 0 Å². The van der Waals surface area contributed by atoms with Crippen molar-refractivity contribution in [2.75, 3.05) is 6.26 Å². The Morgan fingerprint density at radius 3 is 2.64 bits per heavy atom.